The highest BCUT2D eigenvalue weighted by Gasteiger charge is 2.32. The second-order valence-electron chi connectivity index (χ2n) is 12.5. The van der Waals surface area contributed by atoms with E-state index in [4.69, 9.17) is 9.47 Å². The Bertz CT molecular complexity index is 1740. The summed E-state index contributed by atoms with van der Waals surface area (Å²) in [4.78, 5) is 16.1. The third-order valence-corrected chi connectivity index (χ3v) is 11.8. The first-order valence-electron chi connectivity index (χ1n) is 16.2. The van der Waals surface area contributed by atoms with Crippen molar-refractivity contribution in [2.24, 2.45) is 5.92 Å². The molecule has 11 nitrogen and oxygen atoms in total. The highest BCUT2D eigenvalue weighted by atomic mass is 32.2. The van der Waals surface area contributed by atoms with Crippen LogP contribution in [0.3, 0.4) is 0 Å². The molecule has 0 saturated heterocycles. The van der Waals surface area contributed by atoms with Gasteiger partial charge in [0.15, 0.2) is 0 Å². The summed E-state index contributed by atoms with van der Waals surface area (Å²) in [6.07, 6.45) is 1.31. The summed E-state index contributed by atoms with van der Waals surface area (Å²) in [5.41, 5.74) is 1.23. The first-order chi connectivity index (χ1) is 22.7. The van der Waals surface area contributed by atoms with E-state index in [2.05, 4.69) is 4.72 Å². The van der Waals surface area contributed by atoms with Gasteiger partial charge in [-0.25, -0.2) is 16.8 Å². The predicted molar refractivity (Wildman–Crippen MR) is 185 cm³/mol. The number of sulfonamides is 2. The lowest BCUT2D eigenvalue weighted by Crippen LogP contribution is -2.48. The molecule has 1 amide bonds. The minimum Gasteiger partial charge on any atom is -0.490 e. The number of carbonyl (C=O) groups is 1. The van der Waals surface area contributed by atoms with Crippen LogP contribution in [0.1, 0.15) is 56.0 Å². The minimum absolute atomic E-state index is 0.0506. The summed E-state index contributed by atoms with van der Waals surface area (Å²) >= 11 is 0. The average molecular weight is 702 g/mol. The summed E-state index contributed by atoms with van der Waals surface area (Å²) in [5, 5.41) is 10.2. The molecule has 0 saturated carbocycles. The van der Waals surface area contributed by atoms with Crippen LogP contribution in [0.5, 0.6) is 5.75 Å². The number of carbonyl (C=O) groups excluding carboxylic acids is 1. The van der Waals surface area contributed by atoms with Gasteiger partial charge in [-0.1, -0.05) is 42.8 Å². The molecule has 4 atom stereocenters. The molecular formula is C35H47N3O8S2. The van der Waals surface area contributed by atoms with Crippen molar-refractivity contribution in [3.8, 4) is 5.75 Å². The fraction of sp³-hybridized carbons (Fsp3) is 0.457. The third-order valence-electron chi connectivity index (χ3n) is 8.52. The Morgan fingerprint density at radius 1 is 0.979 bits per heavy atom. The van der Waals surface area contributed by atoms with E-state index in [-0.39, 0.29) is 52.8 Å². The Morgan fingerprint density at radius 2 is 1.67 bits per heavy atom. The molecule has 3 aromatic carbocycles. The summed E-state index contributed by atoms with van der Waals surface area (Å²) in [5.74, 6) is -0.527. The number of likely N-dealkylation sites (N-methyl/N-ethyl adjacent to an activating group) is 1. The van der Waals surface area contributed by atoms with Crippen LogP contribution in [0.2, 0.25) is 0 Å². The number of rotatable bonds is 9. The van der Waals surface area contributed by atoms with Crippen molar-refractivity contribution < 1.29 is 36.2 Å². The van der Waals surface area contributed by atoms with Crippen molar-refractivity contribution in [1.29, 1.82) is 0 Å². The van der Waals surface area contributed by atoms with E-state index in [1.807, 2.05) is 20.8 Å². The zero-order valence-corrected chi connectivity index (χ0v) is 29.8. The van der Waals surface area contributed by atoms with Crippen LogP contribution < -0.4 is 9.46 Å². The SMILES string of the molecule is Cc1ccc(S(=O)(=O)Nc2ccc3c(c2)C(=O)N([C@@H](C)CO)C[C@H](C)[C@H](CN(C)S(=O)(=O)c2ccccc2)OCCCC[C@H](C)O3)cc1. The van der Waals surface area contributed by atoms with Crippen LogP contribution >= 0.6 is 0 Å². The highest BCUT2D eigenvalue weighted by Crippen LogP contribution is 2.30. The third kappa shape index (κ3) is 9.35. The molecule has 13 heteroatoms. The average Bonchev–Trinajstić information content (AvgIpc) is 3.06. The topological polar surface area (TPSA) is 143 Å². The number of benzene rings is 3. The maximum Gasteiger partial charge on any atom is 0.261 e. The first kappa shape index (κ1) is 37.3. The summed E-state index contributed by atoms with van der Waals surface area (Å²) < 4.78 is 69.5. The Morgan fingerprint density at radius 3 is 2.33 bits per heavy atom. The van der Waals surface area contributed by atoms with Crippen LogP contribution in [0.25, 0.3) is 0 Å². The van der Waals surface area contributed by atoms with Crippen LogP contribution in [0, 0.1) is 12.8 Å². The number of amides is 1. The number of hydrogen-bond acceptors (Lipinski definition) is 8. The van der Waals surface area contributed by atoms with Gasteiger partial charge in [0.1, 0.15) is 5.75 Å². The lowest BCUT2D eigenvalue weighted by atomic mass is 10.0. The van der Waals surface area contributed by atoms with Crippen molar-refractivity contribution in [2.45, 2.75) is 75.0 Å². The number of nitrogens with one attached hydrogen (secondary N) is 1. The molecule has 0 fully saturated rings. The van der Waals surface area contributed by atoms with E-state index in [0.29, 0.717) is 25.2 Å². The molecule has 3 aromatic rings. The summed E-state index contributed by atoms with van der Waals surface area (Å²) in [6.45, 7) is 7.59. The maximum absolute atomic E-state index is 14.4. The largest absolute Gasteiger partial charge is 0.490 e. The van der Waals surface area contributed by atoms with Gasteiger partial charge in [-0.15, -0.1) is 0 Å². The molecule has 48 heavy (non-hydrogen) atoms. The zero-order chi connectivity index (χ0) is 35.1. The number of aryl methyl sites for hydroxylation is 1. The van der Waals surface area contributed by atoms with Crippen molar-refractivity contribution in [1.82, 2.24) is 9.21 Å². The van der Waals surface area contributed by atoms with E-state index in [9.17, 15) is 26.7 Å². The number of fused-ring (bicyclic) bond motifs is 1. The Balaban J connectivity index is 1.68. The van der Waals surface area contributed by atoms with Gasteiger partial charge in [0, 0.05) is 38.3 Å². The predicted octanol–water partition coefficient (Wildman–Crippen LogP) is 4.91. The molecule has 0 aromatic heterocycles. The quantitative estimate of drug-likeness (QED) is 0.321. The summed E-state index contributed by atoms with van der Waals surface area (Å²) in [7, 11) is -6.24. The highest BCUT2D eigenvalue weighted by molar-refractivity contribution is 7.92. The number of anilines is 1. The lowest BCUT2D eigenvalue weighted by molar-refractivity contribution is -0.00833. The molecule has 0 aliphatic carbocycles. The zero-order valence-electron chi connectivity index (χ0n) is 28.2. The van der Waals surface area contributed by atoms with Gasteiger partial charge in [-0.3, -0.25) is 9.52 Å². The Kier molecular flexibility index (Phi) is 12.7. The van der Waals surface area contributed by atoms with E-state index >= 15 is 0 Å². The monoisotopic (exact) mass is 701 g/mol. The van der Waals surface area contributed by atoms with E-state index in [1.54, 1.807) is 61.5 Å². The fourth-order valence-corrected chi connectivity index (χ4v) is 7.76. The molecule has 262 valence electrons. The Hall–Kier alpha value is -3.49. The first-order valence-corrected chi connectivity index (χ1v) is 19.1. The van der Waals surface area contributed by atoms with Gasteiger partial charge in [-0.05, 0) is 82.5 Å². The van der Waals surface area contributed by atoms with Gasteiger partial charge >= 0.3 is 0 Å². The van der Waals surface area contributed by atoms with Gasteiger partial charge in [0.25, 0.3) is 15.9 Å². The van der Waals surface area contributed by atoms with E-state index < -0.39 is 38.1 Å². The molecule has 0 unspecified atom stereocenters. The van der Waals surface area contributed by atoms with Crippen LogP contribution in [0.4, 0.5) is 5.69 Å². The van der Waals surface area contributed by atoms with Crippen LogP contribution in [-0.4, -0.2) is 88.7 Å². The second-order valence-corrected chi connectivity index (χ2v) is 16.3. The van der Waals surface area contributed by atoms with Gasteiger partial charge in [0.05, 0.1) is 40.2 Å². The van der Waals surface area contributed by atoms with Gasteiger partial charge in [-0.2, -0.15) is 4.31 Å². The molecule has 0 radical (unpaired) electrons. The molecule has 1 aliphatic heterocycles. The number of hydrogen-bond donors (Lipinski definition) is 2. The van der Waals surface area contributed by atoms with Gasteiger partial charge in [0.2, 0.25) is 10.0 Å². The molecule has 1 heterocycles. The Labute approximate surface area is 285 Å². The van der Waals surface area contributed by atoms with Crippen molar-refractivity contribution in [2.75, 3.05) is 38.1 Å². The number of aliphatic hydroxyl groups is 1. The fourth-order valence-electron chi connectivity index (χ4n) is 5.50. The van der Waals surface area contributed by atoms with Crippen molar-refractivity contribution in [3.63, 3.8) is 0 Å². The number of nitrogens with zero attached hydrogens (tertiary/aromatic N) is 2. The van der Waals surface area contributed by atoms with E-state index in [1.165, 1.54) is 34.5 Å². The molecule has 0 bridgehead atoms. The van der Waals surface area contributed by atoms with E-state index in [0.717, 1.165) is 12.0 Å². The minimum atomic E-state index is -3.95. The smallest absolute Gasteiger partial charge is 0.261 e. The molecule has 2 N–H and O–H groups in total. The molecule has 0 spiro atoms. The van der Waals surface area contributed by atoms with Crippen LogP contribution in [0.15, 0.2) is 82.6 Å². The molecule has 1 aliphatic rings. The normalized spacial score (nSPS) is 20.8. The second kappa shape index (κ2) is 16.3. The number of aliphatic hydroxyl groups excluding tert-OH is 1. The van der Waals surface area contributed by atoms with Crippen molar-refractivity contribution >= 4 is 31.6 Å². The molecular weight excluding hydrogens is 655 g/mol. The lowest BCUT2D eigenvalue weighted by Gasteiger charge is -2.35. The molecule has 4 rings (SSSR count). The van der Waals surface area contributed by atoms with Crippen molar-refractivity contribution in [3.05, 3.63) is 83.9 Å². The summed E-state index contributed by atoms with van der Waals surface area (Å²) in [6, 6.07) is 18.6. The van der Waals surface area contributed by atoms with Crippen LogP contribution in [-0.2, 0) is 24.8 Å². The number of ether oxygens (including phenoxy) is 2. The maximum atomic E-state index is 14.4. The van der Waals surface area contributed by atoms with Gasteiger partial charge < -0.3 is 19.5 Å². The standard InChI is InChI=1S/C35H47N3O8S2/c1-25-14-17-30(18-15-25)47(41,42)36-29-16-19-33-32(21-29)35(40)38(27(3)24-39)22-26(2)34(45-20-10-9-11-28(4)46-33)23-37(5)48(43,44)31-12-7-6-8-13-31/h6-8,12-19,21,26-28,34,36,39H,9-11,20,22-24H2,1-5H3/t26-,27-,28-,34-/m0/s1.